The molecule has 0 aliphatic carbocycles. The molecular formula is C9H5Cl2NO2S2. The van der Waals surface area contributed by atoms with Gasteiger partial charge in [-0.05, 0) is 24.4 Å². The number of sulfone groups is 1. The summed E-state index contributed by atoms with van der Waals surface area (Å²) >= 11 is 15.2. The fourth-order valence-electron chi connectivity index (χ4n) is 0.957. The van der Waals surface area contributed by atoms with Gasteiger partial charge in [-0.25, -0.2) is 8.42 Å². The second-order valence-electron chi connectivity index (χ2n) is 2.59. The maximum absolute atomic E-state index is 12.0. The third kappa shape index (κ3) is 2.90. The summed E-state index contributed by atoms with van der Waals surface area (Å²) in [4.78, 5) is 3.40. The second kappa shape index (κ2) is 5.57. The SMILES string of the molecule is O=S(=O)(C(N=C=S)=C(Cl)Cl)c1ccccc1. The van der Waals surface area contributed by atoms with E-state index in [0.717, 1.165) is 0 Å². The molecule has 0 N–H and O–H groups in total. The Morgan fingerprint density at radius 3 is 2.25 bits per heavy atom. The van der Waals surface area contributed by atoms with Crippen molar-refractivity contribution in [1.29, 1.82) is 0 Å². The molecule has 0 saturated carbocycles. The Bertz CT molecular complexity index is 556. The van der Waals surface area contributed by atoms with Gasteiger partial charge in [-0.3, -0.25) is 0 Å². The number of thiocarbonyl (C=S) groups is 1. The van der Waals surface area contributed by atoms with E-state index >= 15 is 0 Å². The van der Waals surface area contributed by atoms with Gasteiger partial charge in [0.15, 0.2) is 0 Å². The van der Waals surface area contributed by atoms with Crippen LogP contribution in [0, 0.1) is 0 Å². The quantitative estimate of drug-likeness (QED) is 0.635. The summed E-state index contributed by atoms with van der Waals surface area (Å²) in [5.41, 5.74) is 0. The van der Waals surface area contributed by atoms with Crippen molar-refractivity contribution in [2.45, 2.75) is 4.90 Å². The molecular weight excluding hydrogens is 289 g/mol. The number of aliphatic imine (C=N–C) groups is 1. The van der Waals surface area contributed by atoms with Crippen molar-refractivity contribution in [3.63, 3.8) is 0 Å². The molecule has 0 fully saturated rings. The molecule has 0 aromatic heterocycles. The summed E-state index contributed by atoms with van der Waals surface area (Å²) in [6.07, 6.45) is 0. The summed E-state index contributed by atoms with van der Waals surface area (Å²) in [6, 6.07) is 7.66. The monoisotopic (exact) mass is 293 g/mol. The van der Waals surface area contributed by atoms with Crippen molar-refractivity contribution in [2.24, 2.45) is 4.99 Å². The van der Waals surface area contributed by atoms with Crippen LogP contribution in [-0.4, -0.2) is 13.6 Å². The van der Waals surface area contributed by atoms with Gasteiger partial charge in [0.2, 0.25) is 14.9 Å². The molecule has 0 bridgehead atoms. The zero-order valence-electron chi connectivity index (χ0n) is 7.72. The molecule has 0 saturated heterocycles. The van der Waals surface area contributed by atoms with E-state index in [4.69, 9.17) is 23.2 Å². The molecule has 3 nitrogen and oxygen atoms in total. The van der Waals surface area contributed by atoms with Crippen molar-refractivity contribution in [1.82, 2.24) is 0 Å². The van der Waals surface area contributed by atoms with Gasteiger partial charge in [0.25, 0.3) is 0 Å². The largest absolute Gasteiger partial charge is 0.227 e. The highest BCUT2D eigenvalue weighted by molar-refractivity contribution is 7.95. The normalized spacial score (nSPS) is 10.4. The molecule has 0 aliphatic heterocycles. The first-order chi connectivity index (χ1) is 7.50. The summed E-state index contributed by atoms with van der Waals surface area (Å²) in [5, 5.41) is 1.42. The van der Waals surface area contributed by atoms with E-state index in [2.05, 4.69) is 17.2 Å². The molecule has 84 valence electrons. The van der Waals surface area contributed by atoms with Crippen molar-refractivity contribution in [3.8, 4) is 0 Å². The highest BCUT2D eigenvalue weighted by Gasteiger charge is 2.23. The summed E-state index contributed by atoms with van der Waals surface area (Å²) in [6.45, 7) is 0. The number of nitrogens with zero attached hydrogens (tertiary/aromatic N) is 1. The topological polar surface area (TPSA) is 46.5 Å². The molecule has 0 atom stereocenters. The van der Waals surface area contributed by atoms with E-state index in [1.54, 1.807) is 18.2 Å². The molecule has 0 spiro atoms. The van der Waals surface area contributed by atoms with Crippen LogP contribution in [0.5, 0.6) is 0 Å². The Morgan fingerprint density at radius 1 is 1.25 bits per heavy atom. The van der Waals surface area contributed by atoms with Gasteiger partial charge >= 0.3 is 0 Å². The Morgan fingerprint density at radius 2 is 1.81 bits per heavy atom. The van der Waals surface area contributed by atoms with Gasteiger partial charge in [-0.15, -0.1) is 0 Å². The first-order valence-corrected chi connectivity index (χ1v) is 6.58. The fraction of sp³-hybridized carbons (Fsp3) is 0. The van der Waals surface area contributed by atoms with Gasteiger partial charge in [-0.2, -0.15) is 4.99 Å². The smallest absolute Gasteiger partial charge is 0.217 e. The second-order valence-corrected chi connectivity index (χ2v) is 5.58. The minimum Gasteiger partial charge on any atom is -0.217 e. The lowest BCUT2D eigenvalue weighted by Gasteiger charge is -2.03. The Hall–Kier alpha value is -0.710. The van der Waals surface area contributed by atoms with Crippen LogP contribution in [0.4, 0.5) is 0 Å². The van der Waals surface area contributed by atoms with Crippen LogP contribution in [0.3, 0.4) is 0 Å². The van der Waals surface area contributed by atoms with Gasteiger partial charge in [0.05, 0.1) is 10.1 Å². The number of rotatable bonds is 3. The van der Waals surface area contributed by atoms with Crippen LogP contribution in [0.25, 0.3) is 0 Å². The van der Waals surface area contributed by atoms with Gasteiger partial charge in [-0.1, -0.05) is 41.4 Å². The summed E-state index contributed by atoms with van der Waals surface area (Å²) < 4.78 is 23.4. The lowest BCUT2D eigenvalue weighted by atomic mass is 10.4. The summed E-state index contributed by atoms with van der Waals surface area (Å²) in [5.74, 6) is 0. The van der Waals surface area contributed by atoms with Crippen LogP contribution in [0.2, 0.25) is 0 Å². The minimum atomic E-state index is -3.84. The van der Waals surface area contributed by atoms with Gasteiger partial charge in [0.1, 0.15) is 4.49 Å². The fourth-order valence-corrected chi connectivity index (χ4v) is 2.91. The molecule has 0 radical (unpaired) electrons. The van der Waals surface area contributed by atoms with Crippen LogP contribution in [-0.2, 0) is 9.84 Å². The van der Waals surface area contributed by atoms with E-state index in [-0.39, 0.29) is 4.90 Å². The number of halogens is 2. The third-order valence-electron chi connectivity index (χ3n) is 1.62. The number of hydrogen-bond acceptors (Lipinski definition) is 4. The van der Waals surface area contributed by atoms with Crippen LogP contribution in [0.15, 0.2) is 49.7 Å². The van der Waals surface area contributed by atoms with Crippen LogP contribution >= 0.6 is 35.4 Å². The lowest BCUT2D eigenvalue weighted by Crippen LogP contribution is -2.03. The van der Waals surface area contributed by atoms with Crippen LogP contribution in [0.1, 0.15) is 0 Å². The number of isothiocyanates is 1. The van der Waals surface area contributed by atoms with Crippen LogP contribution < -0.4 is 0 Å². The zero-order valence-corrected chi connectivity index (χ0v) is 10.9. The molecule has 1 aromatic carbocycles. The van der Waals surface area contributed by atoms with E-state index in [1.807, 2.05) is 5.16 Å². The number of benzene rings is 1. The average molecular weight is 294 g/mol. The number of hydrogen-bond donors (Lipinski definition) is 0. The first kappa shape index (κ1) is 13.4. The van der Waals surface area contributed by atoms with Crippen molar-refractivity contribution in [2.75, 3.05) is 0 Å². The maximum atomic E-state index is 12.0. The predicted octanol–water partition coefficient (Wildman–Crippen LogP) is 3.17. The average Bonchev–Trinajstić information content (AvgIpc) is 2.26. The maximum Gasteiger partial charge on any atom is 0.227 e. The zero-order chi connectivity index (χ0) is 12.2. The Labute approximate surface area is 108 Å². The van der Waals surface area contributed by atoms with Gasteiger partial charge in [0, 0.05) is 0 Å². The molecule has 1 aromatic rings. The van der Waals surface area contributed by atoms with E-state index < -0.39 is 19.4 Å². The third-order valence-corrected chi connectivity index (χ3v) is 3.99. The van der Waals surface area contributed by atoms with Gasteiger partial charge < -0.3 is 0 Å². The Balaban J connectivity index is 3.43. The molecule has 0 heterocycles. The summed E-state index contributed by atoms with van der Waals surface area (Å²) in [7, 11) is -3.84. The van der Waals surface area contributed by atoms with Crippen molar-refractivity contribution >= 4 is 50.4 Å². The van der Waals surface area contributed by atoms with E-state index in [0.29, 0.717) is 0 Å². The van der Waals surface area contributed by atoms with E-state index in [1.165, 1.54) is 12.1 Å². The predicted molar refractivity (Wildman–Crippen MR) is 67.4 cm³/mol. The highest BCUT2D eigenvalue weighted by atomic mass is 35.5. The molecule has 16 heavy (non-hydrogen) atoms. The highest BCUT2D eigenvalue weighted by Crippen LogP contribution is 2.26. The molecule has 0 amide bonds. The molecule has 7 heteroatoms. The standard InChI is InChI=1S/C9H5Cl2NO2S2/c10-8(11)9(12-6-15)16(13,14)7-4-2-1-3-5-7/h1-5H. The molecule has 0 unspecified atom stereocenters. The molecule has 1 rings (SSSR count). The van der Waals surface area contributed by atoms with E-state index in [9.17, 15) is 8.42 Å². The first-order valence-electron chi connectivity index (χ1n) is 3.93. The Kier molecular flexibility index (Phi) is 4.65. The lowest BCUT2D eigenvalue weighted by molar-refractivity contribution is 0.601. The van der Waals surface area contributed by atoms with Crippen molar-refractivity contribution in [3.05, 3.63) is 39.9 Å². The minimum absolute atomic E-state index is 0.0396. The van der Waals surface area contributed by atoms with Crippen molar-refractivity contribution < 1.29 is 8.42 Å². The molecule has 0 aliphatic rings.